The van der Waals surface area contributed by atoms with Gasteiger partial charge in [0.2, 0.25) is 0 Å². The van der Waals surface area contributed by atoms with Crippen molar-refractivity contribution in [2.45, 2.75) is 32.8 Å². The molecule has 0 radical (unpaired) electrons. The number of rotatable bonds is 3. The molecule has 1 fully saturated rings. The molecule has 3 nitrogen and oxygen atoms in total. The van der Waals surface area contributed by atoms with Crippen molar-refractivity contribution in [3.05, 3.63) is 12.3 Å². The van der Waals surface area contributed by atoms with E-state index in [0.29, 0.717) is 5.75 Å². The highest BCUT2D eigenvalue weighted by Crippen LogP contribution is 2.23. The summed E-state index contributed by atoms with van der Waals surface area (Å²) in [5, 5.41) is 0. The van der Waals surface area contributed by atoms with Gasteiger partial charge in [-0.05, 0) is 26.7 Å². The number of hydrogen-bond acceptors (Lipinski definition) is 3. The van der Waals surface area contributed by atoms with Crippen LogP contribution in [0, 0.1) is 5.92 Å². The van der Waals surface area contributed by atoms with Gasteiger partial charge in [-0.15, -0.1) is 0 Å². The number of hydrogen-bond donors (Lipinski definition) is 0. The van der Waals surface area contributed by atoms with Crippen LogP contribution < -0.4 is 0 Å². The SMILES string of the molecule is C/C=C/OC(C)C1CCCS(=O)(=O)C1. The van der Waals surface area contributed by atoms with Gasteiger partial charge >= 0.3 is 0 Å². The van der Waals surface area contributed by atoms with Crippen molar-refractivity contribution in [3.8, 4) is 0 Å². The van der Waals surface area contributed by atoms with E-state index < -0.39 is 9.84 Å². The first-order valence-electron chi connectivity index (χ1n) is 5.02. The maximum Gasteiger partial charge on any atom is 0.150 e. The fraction of sp³-hybridized carbons (Fsp3) is 0.800. The van der Waals surface area contributed by atoms with Gasteiger partial charge in [0, 0.05) is 5.92 Å². The van der Waals surface area contributed by atoms with E-state index in [-0.39, 0.29) is 17.8 Å². The van der Waals surface area contributed by atoms with E-state index in [1.165, 1.54) is 0 Å². The largest absolute Gasteiger partial charge is 0.498 e. The first-order valence-corrected chi connectivity index (χ1v) is 6.84. The minimum Gasteiger partial charge on any atom is -0.498 e. The lowest BCUT2D eigenvalue weighted by atomic mass is 10.00. The second kappa shape index (κ2) is 4.82. The van der Waals surface area contributed by atoms with Gasteiger partial charge in [-0.3, -0.25) is 0 Å². The highest BCUT2D eigenvalue weighted by Gasteiger charge is 2.29. The summed E-state index contributed by atoms with van der Waals surface area (Å²) in [4.78, 5) is 0. The van der Waals surface area contributed by atoms with Crippen LogP contribution in [-0.2, 0) is 14.6 Å². The zero-order valence-corrected chi connectivity index (χ0v) is 9.59. The molecule has 82 valence electrons. The van der Waals surface area contributed by atoms with Gasteiger partial charge in [-0.25, -0.2) is 8.42 Å². The molecule has 1 heterocycles. The minimum atomic E-state index is -2.81. The molecular weight excluding hydrogens is 200 g/mol. The topological polar surface area (TPSA) is 43.4 Å². The van der Waals surface area contributed by atoms with Crippen molar-refractivity contribution >= 4 is 9.84 Å². The molecule has 0 saturated carbocycles. The van der Waals surface area contributed by atoms with Crippen LogP contribution in [0.2, 0.25) is 0 Å². The number of sulfone groups is 1. The summed E-state index contributed by atoms with van der Waals surface area (Å²) < 4.78 is 28.1. The van der Waals surface area contributed by atoms with Crippen molar-refractivity contribution in [1.29, 1.82) is 0 Å². The predicted octanol–water partition coefficient (Wildman–Crippen LogP) is 1.75. The van der Waals surface area contributed by atoms with Crippen LogP contribution in [0.25, 0.3) is 0 Å². The summed E-state index contributed by atoms with van der Waals surface area (Å²) in [6.07, 6.45) is 5.18. The molecule has 0 aromatic carbocycles. The lowest BCUT2D eigenvalue weighted by Gasteiger charge is -2.26. The quantitative estimate of drug-likeness (QED) is 0.678. The molecule has 0 bridgehead atoms. The second-order valence-corrected chi connectivity index (χ2v) is 6.06. The lowest BCUT2D eigenvalue weighted by molar-refractivity contribution is 0.105. The Kier molecular flexibility index (Phi) is 3.98. The van der Waals surface area contributed by atoms with E-state index in [1.807, 2.05) is 19.9 Å². The Morgan fingerprint density at radius 3 is 2.79 bits per heavy atom. The van der Waals surface area contributed by atoms with E-state index in [2.05, 4.69) is 0 Å². The molecule has 1 saturated heterocycles. The molecule has 0 aliphatic carbocycles. The summed E-state index contributed by atoms with van der Waals surface area (Å²) in [5.74, 6) is 0.788. The number of ether oxygens (including phenoxy) is 1. The zero-order chi connectivity index (χ0) is 10.6. The highest BCUT2D eigenvalue weighted by molar-refractivity contribution is 7.91. The maximum atomic E-state index is 11.4. The smallest absolute Gasteiger partial charge is 0.150 e. The van der Waals surface area contributed by atoms with Crippen LogP contribution in [0.3, 0.4) is 0 Å². The maximum absolute atomic E-state index is 11.4. The van der Waals surface area contributed by atoms with E-state index in [1.54, 1.807) is 6.26 Å². The van der Waals surface area contributed by atoms with Crippen LogP contribution >= 0.6 is 0 Å². The normalized spacial score (nSPS) is 28.9. The molecule has 0 spiro atoms. The van der Waals surface area contributed by atoms with Crippen LogP contribution in [-0.4, -0.2) is 26.0 Å². The average Bonchev–Trinajstić information content (AvgIpc) is 2.12. The molecule has 1 rings (SSSR count). The molecule has 0 aromatic rings. The molecule has 14 heavy (non-hydrogen) atoms. The zero-order valence-electron chi connectivity index (χ0n) is 8.77. The third-order valence-corrected chi connectivity index (χ3v) is 4.44. The fourth-order valence-electron chi connectivity index (χ4n) is 1.74. The van der Waals surface area contributed by atoms with Crippen molar-refractivity contribution in [2.24, 2.45) is 5.92 Å². The third kappa shape index (κ3) is 3.33. The molecule has 1 aliphatic heterocycles. The lowest BCUT2D eigenvalue weighted by Crippen LogP contribution is -2.32. The molecule has 2 unspecified atom stereocenters. The van der Waals surface area contributed by atoms with Gasteiger partial charge in [-0.2, -0.15) is 0 Å². The Labute approximate surface area is 86.1 Å². The van der Waals surface area contributed by atoms with Crippen LogP contribution in [0.5, 0.6) is 0 Å². The summed E-state index contributed by atoms with van der Waals surface area (Å²) in [6, 6.07) is 0. The van der Waals surface area contributed by atoms with Crippen LogP contribution in [0.4, 0.5) is 0 Å². The molecule has 0 aromatic heterocycles. The molecule has 0 amide bonds. The van der Waals surface area contributed by atoms with Gasteiger partial charge < -0.3 is 4.74 Å². The molecule has 2 atom stereocenters. The third-order valence-electron chi connectivity index (χ3n) is 2.59. The summed E-state index contributed by atoms with van der Waals surface area (Å²) >= 11 is 0. The summed E-state index contributed by atoms with van der Waals surface area (Å²) in [6.45, 7) is 3.82. The Morgan fingerprint density at radius 2 is 2.21 bits per heavy atom. The van der Waals surface area contributed by atoms with E-state index in [0.717, 1.165) is 12.8 Å². The first kappa shape index (κ1) is 11.6. The van der Waals surface area contributed by atoms with Gasteiger partial charge in [0.15, 0.2) is 9.84 Å². The van der Waals surface area contributed by atoms with Crippen molar-refractivity contribution < 1.29 is 13.2 Å². The van der Waals surface area contributed by atoms with E-state index in [9.17, 15) is 8.42 Å². The van der Waals surface area contributed by atoms with Crippen molar-refractivity contribution in [2.75, 3.05) is 11.5 Å². The van der Waals surface area contributed by atoms with Crippen LogP contribution in [0.15, 0.2) is 12.3 Å². The van der Waals surface area contributed by atoms with E-state index >= 15 is 0 Å². The van der Waals surface area contributed by atoms with Gasteiger partial charge in [0.1, 0.15) is 0 Å². The monoisotopic (exact) mass is 218 g/mol. The summed E-state index contributed by atoms with van der Waals surface area (Å²) in [5.41, 5.74) is 0. The predicted molar refractivity (Wildman–Crippen MR) is 56.7 cm³/mol. The molecular formula is C10H18O3S. The Balaban J connectivity index is 2.51. The molecule has 4 heteroatoms. The average molecular weight is 218 g/mol. The standard InChI is InChI=1S/C10H18O3S/c1-3-6-13-9(2)10-5-4-7-14(11,12)8-10/h3,6,9-10H,4-5,7-8H2,1-2H3/b6-3+. The molecule has 1 aliphatic rings. The second-order valence-electron chi connectivity index (χ2n) is 3.83. The van der Waals surface area contributed by atoms with Crippen molar-refractivity contribution in [3.63, 3.8) is 0 Å². The Bertz CT molecular complexity index is 292. The first-order chi connectivity index (χ1) is 6.55. The van der Waals surface area contributed by atoms with Crippen molar-refractivity contribution in [1.82, 2.24) is 0 Å². The minimum absolute atomic E-state index is 0.00118. The Hall–Kier alpha value is -0.510. The highest BCUT2D eigenvalue weighted by atomic mass is 32.2. The van der Waals surface area contributed by atoms with Gasteiger partial charge in [-0.1, -0.05) is 6.08 Å². The Morgan fingerprint density at radius 1 is 1.50 bits per heavy atom. The van der Waals surface area contributed by atoms with E-state index in [4.69, 9.17) is 4.74 Å². The van der Waals surface area contributed by atoms with Gasteiger partial charge in [0.05, 0.1) is 23.9 Å². The van der Waals surface area contributed by atoms with Crippen LogP contribution in [0.1, 0.15) is 26.7 Å². The number of allylic oxidation sites excluding steroid dienone is 1. The van der Waals surface area contributed by atoms with Gasteiger partial charge in [0.25, 0.3) is 0 Å². The fourth-order valence-corrected chi connectivity index (χ4v) is 3.61. The summed E-state index contributed by atoms with van der Waals surface area (Å²) in [7, 11) is -2.81. The molecule has 0 N–H and O–H groups in total.